The fourth-order valence-corrected chi connectivity index (χ4v) is 4.66. The number of halogens is 1. The van der Waals surface area contributed by atoms with E-state index in [1.54, 1.807) is 13.0 Å². The Hall–Kier alpha value is -1.63. The van der Waals surface area contributed by atoms with Gasteiger partial charge in [-0.05, 0) is 57.2 Å². The van der Waals surface area contributed by atoms with Crippen molar-refractivity contribution in [3.8, 4) is 0 Å². The number of nitrogens with one attached hydrogen (secondary N) is 2. The fraction of sp³-hybridized carbons (Fsp3) is 0.611. The molecule has 25 heavy (non-hydrogen) atoms. The highest BCUT2D eigenvalue weighted by Gasteiger charge is 2.27. The van der Waals surface area contributed by atoms with Crippen LogP contribution in [0, 0.1) is 18.7 Å². The van der Waals surface area contributed by atoms with Crippen molar-refractivity contribution in [1.29, 1.82) is 0 Å². The van der Waals surface area contributed by atoms with E-state index in [4.69, 9.17) is 0 Å². The minimum Gasteiger partial charge on any atom is -0.354 e. The zero-order valence-corrected chi connectivity index (χ0v) is 16.2. The molecule has 0 bridgehead atoms. The van der Waals surface area contributed by atoms with E-state index in [-0.39, 0.29) is 35.3 Å². The predicted octanol–water partition coefficient (Wildman–Crippen LogP) is 2.57. The number of nitrogens with zero attached hydrogens (tertiary/aromatic N) is 1. The van der Waals surface area contributed by atoms with Gasteiger partial charge in [0.05, 0.1) is 17.5 Å². The number of hydrogen-bond donors (Lipinski definition) is 2. The van der Waals surface area contributed by atoms with Crippen LogP contribution < -0.4 is 10.6 Å². The summed E-state index contributed by atoms with van der Waals surface area (Å²) in [6.45, 7) is 8.17. The van der Waals surface area contributed by atoms with Crippen LogP contribution in [-0.4, -0.2) is 38.5 Å². The first kappa shape index (κ1) is 19.7. The lowest BCUT2D eigenvalue weighted by Gasteiger charge is -2.21. The monoisotopic (exact) mass is 369 g/mol. The maximum Gasteiger partial charge on any atom is 0.191 e. The molecule has 0 radical (unpaired) electrons. The van der Waals surface area contributed by atoms with Gasteiger partial charge in [-0.15, -0.1) is 0 Å². The molecule has 1 fully saturated rings. The van der Waals surface area contributed by atoms with Crippen molar-refractivity contribution >= 4 is 15.8 Å². The van der Waals surface area contributed by atoms with Gasteiger partial charge < -0.3 is 10.6 Å². The van der Waals surface area contributed by atoms with E-state index in [1.807, 2.05) is 26.8 Å². The molecule has 1 aromatic carbocycles. The Morgan fingerprint density at radius 1 is 1.32 bits per heavy atom. The van der Waals surface area contributed by atoms with Crippen LogP contribution >= 0.6 is 0 Å². The number of guanidine groups is 1. The molecule has 5 nitrogen and oxygen atoms in total. The predicted molar refractivity (Wildman–Crippen MR) is 100 cm³/mol. The van der Waals surface area contributed by atoms with Gasteiger partial charge in [-0.3, -0.25) is 4.99 Å². The molecule has 0 aliphatic carbocycles. The average molecular weight is 370 g/mol. The Bertz CT molecular complexity index is 732. The summed E-state index contributed by atoms with van der Waals surface area (Å²) in [6.07, 6.45) is 0.666. The third kappa shape index (κ3) is 5.99. The summed E-state index contributed by atoms with van der Waals surface area (Å²) < 4.78 is 36.9. The smallest absolute Gasteiger partial charge is 0.191 e. The SMILES string of the molecule is Cc1ccc(C(C)NC(=NCC2CCS(=O)(=O)C2)NC(C)C)cc1F. The van der Waals surface area contributed by atoms with Crippen molar-refractivity contribution in [3.05, 3.63) is 35.1 Å². The van der Waals surface area contributed by atoms with E-state index >= 15 is 0 Å². The molecule has 0 spiro atoms. The van der Waals surface area contributed by atoms with Gasteiger partial charge in [0.15, 0.2) is 15.8 Å². The molecule has 0 saturated carbocycles. The van der Waals surface area contributed by atoms with Gasteiger partial charge in [0.25, 0.3) is 0 Å². The molecule has 0 amide bonds. The normalized spacial score (nSPS) is 21.4. The highest BCUT2D eigenvalue weighted by atomic mass is 32.2. The lowest BCUT2D eigenvalue weighted by molar-refractivity contribution is 0.582. The average Bonchev–Trinajstić information content (AvgIpc) is 2.86. The van der Waals surface area contributed by atoms with Gasteiger partial charge in [0.2, 0.25) is 0 Å². The van der Waals surface area contributed by atoms with E-state index < -0.39 is 9.84 Å². The van der Waals surface area contributed by atoms with Crippen LogP contribution in [0.2, 0.25) is 0 Å². The third-order valence-electron chi connectivity index (χ3n) is 4.31. The van der Waals surface area contributed by atoms with Crippen LogP contribution in [0.3, 0.4) is 0 Å². The van der Waals surface area contributed by atoms with Crippen molar-refractivity contribution < 1.29 is 12.8 Å². The summed E-state index contributed by atoms with van der Waals surface area (Å²) in [7, 11) is -2.89. The highest BCUT2D eigenvalue weighted by Crippen LogP contribution is 2.19. The molecular formula is C18H28FN3O2S. The second kappa shape index (κ2) is 8.17. The van der Waals surface area contributed by atoms with Gasteiger partial charge >= 0.3 is 0 Å². The summed E-state index contributed by atoms with van der Waals surface area (Å²) >= 11 is 0. The van der Waals surface area contributed by atoms with Crippen molar-refractivity contribution in [2.45, 2.75) is 46.2 Å². The molecular weight excluding hydrogens is 341 g/mol. The van der Waals surface area contributed by atoms with Crippen LogP contribution in [-0.2, 0) is 9.84 Å². The zero-order valence-electron chi connectivity index (χ0n) is 15.3. The Labute approximate surface area is 150 Å². The lowest BCUT2D eigenvalue weighted by atomic mass is 10.1. The molecule has 1 aliphatic rings. The Morgan fingerprint density at radius 2 is 2.04 bits per heavy atom. The standard InChI is InChI=1S/C18H28FN3O2S/c1-12(2)21-18(20-10-15-7-8-25(23,24)11-15)22-14(4)16-6-5-13(3)17(19)9-16/h5-6,9,12,14-15H,7-8,10-11H2,1-4H3,(H2,20,21,22). The lowest BCUT2D eigenvalue weighted by Crippen LogP contribution is -2.42. The Balaban J connectivity index is 2.05. The summed E-state index contributed by atoms with van der Waals surface area (Å²) in [4.78, 5) is 4.55. The topological polar surface area (TPSA) is 70.6 Å². The maximum absolute atomic E-state index is 13.8. The summed E-state index contributed by atoms with van der Waals surface area (Å²) in [5.41, 5.74) is 1.46. The summed E-state index contributed by atoms with van der Waals surface area (Å²) in [6, 6.07) is 5.25. The molecule has 1 aromatic rings. The largest absolute Gasteiger partial charge is 0.354 e. The number of aliphatic imine (C=N–C) groups is 1. The number of rotatable bonds is 5. The molecule has 0 aromatic heterocycles. The maximum atomic E-state index is 13.8. The summed E-state index contributed by atoms with van der Waals surface area (Å²) in [5.74, 6) is 0.935. The van der Waals surface area contributed by atoms with Crippen LogP contribution in [0.15, 0.2) is 23.2 Å². The van der Waals surface area contributed by atoms with E-state index in [0.29, 0.717) is 24.5 Å². The van der Waals surface area contributed by atoms with Crippen LogP contribution in [0.1, 0.15) is 44.4 Å². The Kier molecular flexibility index (Phi) is 6.43. The molecule has 2 N–H and O–H groups in total. The molecule has 1 heterocycles. The van der Waals surface area contributed by atoms with Gasteiger partial charge in [-0.25, -0.2) is 12.8 Å². The molecule has 2 rings (SSSR count). The molecule has 7 heteroatoms. The molecule has 1 aliphatic heterocycles. The highest BCUT2D eigenvalue weighted by molar-refractivity contribution is 7.91. The second-order valence-electron chi connectivity index (χ2n) is 7.13. The minimum absolute atomic E-state index is 0.0721. The molecule has 1 saturated heterocycles. The second-order valence-corrected chi connectivity index (χ2v) is 9.36. The number of benzene rings is 1. The first-order valence-electron chi connectivity index (χ1n) is 8.70. The number of hydrogen-bond acceptors (Lipinski definition) is 3. The van der Waals surface area contributed by atoms with Gasteiger partial charge in [-0.1, -0.05) is 12.1 Å². The third-order valence-corrected chi connectivity index (χ3v) is 6.15. The van der Waals surface area contributed by atoms with Gasteiger partial charge in [0.1, 0.15) is 5.82 Å². The zero-order chi connectivity index (χ0) is 18.6. The Morgan fingerprint density at radius 3 is 2.60 bits per heavy atom. The van der Waals surface area contributed by atoms with E-state index in [9.17, 15) is 12.8 Å². The van der Waals surface area contributed by atoms with Crippen molar-refractivity contribution in [2.24, 2.45) is 10.9 Å². The van der Waals surface area contributed by atoms with Crippen LogP contribution in [0.5, 0.6) is 0 Å². The minimum atomic E-state index is -2.89. The fourth-order valence-electron chi connectivity index (χ4n) is 2.81. The molecule has 2 unspecified atom stereocenters. The van der Waals surface area contributed by atoms with Gasteiger partial charge in [0, 0.05) is 12.6 Å². The van der Waals surface area contributed by atoms with E-state index in [0.717, 1.165) is 5.56 Å². The van der Waals surface area contributed by atoms with Gasteiger partial charge in [-0.2, -0.15) is 0 Å². The quantitative estimate of drug-likeness (QED) is 0.618. The van der Waals surface area contributed by atoms with Crippen molar-refractivity contribution in [3.63, 3.8) is 0 Å². The van der Waals surface area contributed by atoms with Crippen molar-refractivity contribution in [1.82, 2.24) is 10.6 Å². The summed E-state index contributed by atoms with van der Waals surface area (Å²) in [5, 5.41) is 6.53. The molecule has 140 valence electrons. The first-order valence-corrected chi connectivity index (χ1v) is 10.5. The van der Waals surface area contributed by atoms with E-state index in [1.165, 1.54) is 6.07 Å². The number of sulfone groups is 1. The molecule has 2 atom stereocenters. The number of aryl methyl sites for hydroxylation is 1. The van der Waals surface area contributed by atoms with Crippen molar-refractivity contribution in [2.75, 3.05) is 18.1 Å². The van der Waals surface area contributed by atoms with Crippen LogP contribution in [0.4, 0.5) is 4.39 Å². The van der Waals surface area contributed by atoms with E-state index in [2.05, 4.69) is 15.6 Å². The van der Waals surface area contributed by atoms with Crippen LogP contribution in [0.25, 0.3) is 0 Å². The first-order chi connectivity index (χ1) is 11.7.